The number of nitriles is 1. The number of ether oxygens (including phenoxy) is 1. The van der Waals surface area contributed by atoms with Crippen molar-refractivity contribution in [2.24, 2.45) is 0 Å². The molecule has 19 heavy (non-hydrogen) atoms. The van der Waals surface area contributed by atoms with Crippen LogP contribution in [0.5, 0.6) is 5.75 Å². The van der Waals surface area contributed by atoms with Gasteiger partial charge in [0.05, 0.1) is 19.6 Å². The molecule has 4 heteroatoms. The molecule has 0 saturated heterocycles. The second kappa shape index (κ2) is 8.15. The molecule has 1 amide bonds. The SMILES string of the molecule is CCC(CC#N)NC(=O)CCc1ccc(OC)cc1. The van der Waals surface area contributed by atoms with Crippen LogP contribution >= 0.6 is 0 Å². The van der Waals surface area contributed by atoms with E-state index in [1.54, 1.807) is 7.11 Å². The molecule has 4 nitrogen and oxygen atoms in total. The number of hydrogen-bond acceptors (Lipinski definition) is 3. The molecule has 1 unspecified atom stereocenters. The largest absolute Gasteiger partial charge is 0.497 e. The van der Waals surface area contributed by atoms with Gasteiger partial charge in [-0.2, -0.15) is 5.26 Å². The highest BCUT2D eigenvalue weighted by molar-refractivity contribution is 5.76. The lowest BCUT2D eigenvalue weighted by atomic mass is 10.1. The second-order valence-electron chi connectivity index (χ2n) is 4.38. The van der Waals surface area contributed by atoms with Crippen LogP contribution in [0, 0.1) is 11.3 Å². The van der Waals surface area contributed by atoms with Crippen molar-refractivity contribution in [3.8, 4) is 11.8 Å². The van der Waals surface area contributed by atoms with Crippen LogP contribution in [-0.2, 0) is 11.2 Å². The standard InChI is InChI=1S/C15H20N2O2/c1-3-13(10-11-16)17-15(18)9-6-12-4-7-14(19-2)8-5-12/h4-5,7-8,13H,3,6,9-10H2,1-2H3,(H,17,18). The van der Waals surface area contributed by atoms with Crippen LogP contribution in [0.2, 0.25) is 0 Å². The number of hydrogen-bond donors (Lipinski definition) is 1. The summed E-state index contributed by atoms with van der Waals surface area (Å²) >= 11 is 0. The Labute approximate surface area is 114 Å². The fraction of sp³-hybridized carbons (Fsp3) is 0.467. The van der Waals surface area contributed by atoms with Gasteiger partial charge in [0.25, 0.3) is 0 Å². The predicted molar refractivity (Wildman–Crippen MR) is 73.8 cm³/mol. The smallest absolute Gasteiger partial charge is 0.220 e. The van der Waals surface area contributed by atoms with E-state index in [1.807, 2.05) is 31.2 Å². The molecule has 0 aliphatic carbocycles. The normalized spacial score (nSPS) is 11.4. The minimum atomic E-state index is -0.0339. The van der Waals surface area contributed by atoms with Gasteiger partial charge in [-0.1, -0.05) is 19.1 Å². The van der Waals surface area contributed by atoms with E-state index in [4.69, 9.17) is 10.00 Å². The molecule has 1 aromatic carbocycles. The molecule has 102 valence electrons. The quantitative estimate of drug-likeness (QED) is 0.819. The molecule has 1 aromatic rings. The first-order valence-corrected chi connectivity index (χ1v) is 6.48. The van der Waals surface area contributed by atoms with Gasteiger partial charge in [-0.3, -0.25) is 4.79 Å². The Balaban J connectivity index is 2.38. The lowest BCUT2D eigenvalue weighted by Gasteiger charge is -2.13. The summed E-state index contributed by atoms with van der Waals surface area (Å²) in [4.78, 5) is 11.7. The third-order valence-corrected chi connectivity index (χ3v) is 3.00. The van der Waals surface area contributed by atoms with Crippen molar-refractivity contribution < 1.29 is 9.53 Å². The highest BCUT2D eigenvalue weighted by atomic mass is 16.5. The summed E-state index contributed by atoms with van der Waals surface area (Å²) in [5, 5.41) is 11.5. The maximum atomic E-state index is 11.7. The number of methoxy groups -OCH3 is 1. The van der Waals surface area contributed by atoms with Gasteiger partial charge in [0.1, 0.15) is 5.75 Å². The van der Waals surface area contributed by atoms with Crippen molar-refractivity contribution in [1.29, 1.82) is 5.26 Å². The fourth-order valence-corrected chi connectivity index (χ4v) is 1.76. The topological polar surface area (TPSA) is 62.1 Å². The zero-order chi connectivity index (χ0) is 14.1. The molecule has 0 radical (unpaired) electrons. The summed E-state index contributed by atoms with van der Waals surface area (Å²) in [5.74, 6) is 0.811. The Morgan fingerprint density at radius 2 is 2.11 bits per heavy atom. The Morgan fingerprint density at radius 3 is 2.63 bits per heavy atom. The third-order valence-electron chi connectivity index (χ3n) is 3.00. The molecule has 0 heterocycles. The number of carbonyl (C=O) groups is 1. The molecule has 0 aliphatic heterocycles. The van der Waals surface area contributed by atoms with E-state index in [-0.39, 0.29) is 11.9 Å². The molecule has 0 aliphatic rings. The number of amides is 1. The molecular weight excluding hydrogens is 240 g/mol. The fourth-order valence-electron chi connectivity index (χ4n) is 1.76. The van der Waals surface area contributed by atoms with E-state index >= 15 is 0 Å². The van der Waals surface area contributed by atoms with Crippen molar-refractivity contribution in [2.45, 2.75) is 38.6 Å². The lowest BCUT2D eigenvalue weighted by Crippen LogP contribution is -2.34. The number of nitrogens with one attached hydrogen (secondary N) is 1. The molecule has 0 bridgehead atoms. The summed E-state index contributed by atoms with van der Waals surface area (Å²) in [5.41, 5.74) is 1.10. The molecule has 1 rings (SSSR count). The molecule has 0 aromatic heterocycles. The number of carbonyl (C=O) groups excluding carboxylic acids is 1. The zero-order valence-corrected chi connectivity index (χ0v) is 11.5. The van der Waals surface area contributed by atoms with E-state index in [1.165, 1.54) is 0 Å². The average molecular weight is 260 g/mol. The highest BCUT2D eigenvalue weighted by Crippen LogP contribution is 2.12. The third kappa shape index (κ3) is 5.43. The predicted octanol–water partition coefficient (Wildman–Crippen LogP) is 2.44. The lowest BCUT2D eigenvalue weighted by molar-refractivity contribution is -0.121. The van der Waals surface area contributed by atoms with Crippen molar-refractivity contribution in [1.82, 2.24) is 5.32 Å². The molecule has 1 N–H and O–H groups in total. The van der Waals surface area contributed by atoms with Gasteiger partial charge in [-0.15, -0.1) is 0 Å². The zero-order valence-electron chi connectivity index (χ0n) is 11.5. The first-order chi connectivity index (χ1) is 9.19. The van der Waals surface area contributed by atoms with Crippen LogP contribution in [0.25, 0.3) is 0 Å². The number of rotatable bonds is 7. The van der Waals surface area contributed by atoms with E-state index in [9.17, 15) is 4.79 Å². The van der Waals surface area contributed by atoms with Crippen molar-refractivity contribution >= 4 is 5.91 Å². The van der Waals surface area contributed by atoms with Crippen LogP contribution in [0.15, 0.2) is 24.3 Å². The highest BCUT2D eigenvalue weighted by Gasteiger charge is 2.09. The Kier molecular flexibility index (Phi) is 6.45. The summed E-state index contributed by atoms with van der Waals surface area (Å²) in [6.45, 7) is 1.96. The van der Waals surface area contributed by atoms with Crippen LogP contribution in [0.4, 0.5) is 0 Å². The van der Waals surface area contributed by atoms with Gasteiger partial charge in [0, 0.05) is 12.5 Å². The Morgan fingerprint density at radius 1 is 1.42 bits per heavy atom. The molecule has 1 atom stereocenters. The van der Waals surface area contributed by atoms with Gasteiger partial charge in [-0.25, -0.2) is 0 Å². The molecule has 0 spiro atoms. The van der Waals surface area contributed by atoms with Gasteiger partial charge >= 0.3 is 0 Å². The first-order valence-electron chi connectivity index (χ1n) is 6.48. The molecule has 0 fully saturated rings. The van der Waals surface area contributed by atoms with E-state index in [0.717, 1.165) is 17.7 Å². The average Bonchev–Trinajstić information content (AvgIpc) is 2.45. The minimum absolute atomic E-state index is 0.00193. The number of benzene rings is 1. The Hall–Kier alpha value is -2.02. The molecule has 0 saturated carbocycles. The van der Waals surface area contributed by atoms with Gasteiger partial charge in [-0.05, 0) is 30.5 Å². The monoisotopic (exact) mass is 260 g/mol. The van der Waals surface area contributed by atoms with E-state index < -0.39 is 0 Å². The summed E-state index contributed by atoms with van der Waals surface area (Å²) in [6.07, 6.45) is 2.28. The van der Waals surface area contributed by atoms with Crippen molar-refractivity contribution in [3.63, 3.8) is 0 Å². The molecular formula is C15H20N2O2. The van der Waals surface area contributed by atoms with Crippen LogP contribution in [0.3, 0.4) is 0 Å². The summed E-state index contributed by atoms with van der Waals surface area (Å²) < 4.78 is 5.08. The van der Waals surface area contributed by atoms with E-state index in [2.05, 4.69) is 11.4 Å². The van der Waals surface area contributed by atoms with Crippen LogP contribution in [-0.4, -0.2) is 19.1 Å². The minimum Gasteiger partial charge on any atom is -0.497 e. The van der Waals surface area contributed by atoms with E-state index in [0.29, 0.717) is 19.3 Å². The van der Waals surface area contributed by atoms with Crippen molar-refractivity contribution in [2.75, 3.05) is 7.11 Å². The van der Waals surface area contributed by atoms with Crippen LogP contribution in [0.1, 0.15) is 31.7 Å². The Bertz CT molecular complexity index is 434. The number of nitrogens with zero attached hydrogens (tertiary/aromatic N) is 1. The van der Waals surface area contributed by atoms with Crippen LogP contribution < -0.4 is 10.1 Å². The maximum Gasteiger partial charge on any atom is 0.220 e. The van der Waals surface area contributed by atoms with Gasteiger partial charge in [0.2, 0.25) is 5.91 Å². The number of aryl methyl sites for hydroxylation is 1. The van der Waals surface area contributed by atoms with Gasteiger partial charge in [0.15, 0.2) is 0 Å². The van der Waals surface area contributed by atoms with Crippen molar-refractivity contribution in [3.05, 3.63) is 29.8 Å². The summed E-state index contributed by atoms with van der Waals surface area (Å²) in [7, 11) is 1.63. The summed E-state index contributed by atoms with van der Waals surface area (Å²) in [6, 6.07) is 9.74. The first kappa shape index (κ1) is 15.0. The maximum absolute atomic E-state index is 11.7. The van der Waals surface area contributed by atoms with Gasteiger partial charge < -0.3 is 10.1 Å². The second-order valence-corrected chi connectivity index (χ2v) is 4.38.